The summed E-state index contributed by atoms with van der Waals surface area (Å²) in [6, 6.07) is 5.67. The van der Waals surface area contributed by atoms with E-state index in [0.717, 1.165) is 12.1 Å². The summed E-state index contributed by atoms with van der Waals surface area (Å²) >= 11 is 5.82. The van der Waals surface area contributed by atoms with Gasteiger partial charge >= 0.3 is 0 Å². The number of halogens is 2. The van der Waals surface area contributed by atoms with Gasteiger partial charge in [0.15, 0.2) is 0 Å². The second kappa shape index (κ2) is 5.34. The molecule has 2 rings (SSSR count). The van der Waals surface area contributed by atoms with Crippen LogP contribution in [0.15, 0.2) is 18.2 Å². The molecule has 0 radical (unpaired) electrons. The summed E-state index contributed by atoms with van der Waals surface area (Å²) in [5, 5.41) is 0.174. The Balaban J connectivity index is 2.23. The van der Waals surface area contributed by atoms with Crippen LogP contribution in [0.4, 0.5) is 4.39 Å². The van der Waals surface area contributed by atoms with E-state index in [4.69, 9.17) is 17.3 Å². The standard InChI is InChI=1S/C13H18ClFN2/c1-2-17(10-4-5-10)13(8-16)9-3-6-12(15)11(14)7-9/h3,6-7,10,13H,2,4-5,8,16H2,1H3. The van der Waals surface area contributed by atoms with E-state index in [-0.39, 0.29) is 16.9 Å². The number of likely N-dealkylation sites (N-methyl/N-ethyl adjacent to an activating group) is 1. The number of hydrogen-bond donors (Lipinski definition) is 1. The van der Waals surface area contributed by atoms with Crippen molar-refractivity contribution in [2.24, 2.45) is 5.73 Å². The number of rotatable bonds is 5. The minimum Gasteiger partial charge on any atom is -0.329 e. The molecule has 0 spiro atoms. The SMILES string of the molecule is CCN(C1CC1)C(CN)c1ccc(F)c(Cl)c1. The zero-order valence-corrected chi connectivity index (χ0v) is 10.8. The van der Waals surface area contributed by atoms with E-state index in [2.05, 4.69) is 11.8 Å². The summed E-state index contributed by atoms with van der Waals surface area (Å²) in [6.45, 7) is 3.62. The average molecular weight is 257 g/mol. The molecule has 2 N–H and O–H groups in total. The summed E-state index contributed by atoms with van der Waals surface area (Å²) in [7, 11) is 0. The molecule has 0 aromatic heterocycles. The van der Waals surface area contributed by atoms with Gasteiger partial charge in [-0.15, -0.1) is 0 Å². The van der Waals surface area contributed by atoms with Crippen LogP contribution in [0.5, 0.6) is 0 Å². The second-order valence-corrected chi connectivity index (χ2v) is 4.89. The Morgan fingerprint density at radius 1 is 1.53 bits per heavy atom. The minimum atomic E-state index is -0.374. The minimum absolute atomic E-state index is 0.144. The lowest BCUT2D eigenvalue weighted by Crippen LogP contribution is -2.35. The third-order valence-electron chi connectivity index (χ3n) is 3.33. The van der Waals surface area contributed by atoms with Gasteiger partial charge in [-0.25, -0.2) is 4.39 Å². The van der Waals surface area contributed by atoms with Crippen LogP contribution in [0.25, 0.3) is 0 Å². The van der Waals surface area contributed by atoms with Crippen LogP contribution in [-0.4, -0.2) is 24.0 Å². The van der Waals surface area contributed by atoms with E-state index in [0.29, 0.717) is 12.6 Å². The summed E-state index contributed by atoms with van der Waals surface area (Å²) in [5.74, 6) is -0.374. The molecule has 1 saturated carbocycles. The van der Waals surface area contributed by atoms with Gasteiger partial charge in [-0.2, -0.15) is 0 Å². The first-order valence-corrected chi connectivity index (χ1v) is 6.46. The fourth-order valence-electron chi connectivity index (χ4n) is 2.32. The van der Waals surface area contributed by atoms with Crippen molar-refractivity contribution in [1.82, 2.24) is 4.90 Å². The van der Waals surface area contributed by atoms with Gasteiger partial charge in [-0.1, -0.05) is 24.6 Å². The Bertz CT molecular complexity index is 393. The van der Waals surface area contributed by atoms with Gasteiger partial charge in [0.05, 0.1) is 5.02 Å². The molecule has 2 nitrogen and oxygen atoms in total. The van der Waals surface area contributed by atoms with Crippen LogP contribution in [0.2, 0.25) is 5.02 Å². The maximum atomic E-state index is 13.1. The normalized spacial score (nSPS) is 17.5. The largest absolute Gasteiger partial charge is 0.329 e. The maximum Gasteiger partial charge on any atom is 0.141 e. The van der Waals surface area contributed by atoms with Crippen LogP contribution in [0, 0.1) is 5.82 Å². The Morgan fingerprint density at radius 3 is 2.71 bits per heavy atom. The van der Waals surface area contributed by atoms with Crippen molar-refractivity contribution in [3.63, 3.8) is 0 Å². The van der Waals surface area contributed by atoms with Crippen LogP contribution < -0.4 is 5.73 Å². The van der Waals surface area contributed by atoms with Crippen molar-refractivity contribution in [1.29, 1.82) is 0 Å². The molecule has 1 atom stereocenters. The summed E-state index contributed by atoms with van der Waals surface area (Å²) in [4.78, 5) is 2.38. The summed E-state index contributed by atoms with van der Waals surface area (Å²) in [6.07, 6.45) is 2.47. The van der Waals surface area contributed by atoms with E-state index in [1.807, 2.05) is 0 Å². The molecule has 1 aromatic carbocycles. The molecular formula is C13H18ClFN2. The van der Waals surface area contributed by atoms with Crippen molar-refractivity contribution in [2.75, 3.05) is 13.1 Å². The highest BCUT2D eigenvalue weighted by Crippen LogP contribution is 2.34. The Labute approximate surface area is 107 Å². The predicted octanol–water partition coefficient (Wildman–Crippen LogP) is 2.96. The quantitative estimate of drug-likeness (QED) is 0.878. The summed E-state index contributed by atoms with van der Waals surface area (Å²) < 4.78 is 13.1. The van der Waals surface area contributed by atoms with E-state index in [1.165, 1.54) is 18.9 Å². The summed E-state index contributed by atoms with van der Waals surface area (Å²) in [5.41, 5.74) is 6.86. The Hall–Kier alpha value is -0.640. The van der Waals surface area contributed by atoms with Crippen LogP contribution in [0.1, 0.15) is 31.4 Å². The molecule has 0 amide bonds. The molecule has 4 heteroatoms. The maximum absolute atomic E-state index is 13.1. The number of hydrogen-bond acceptors (Lipinski definition) is 2. The fraction of sp³-hybridized carbons (Fsp3) is 0.538. The Morgan fingerprint density at radius 2 is 2.24 bits per heavy atom. The second-order valence-electron chi connectivity index (χ2n) is 4.49. The van der Waals surface area contributed by atoms with E-state index in [9.17, 15) is 4.39 Å². The highest BCUT2D eigenvalue weighted by Gasteiger charge is 2.33. The van der Waals surface area contributed by atoms with Crippen molar-refractivity contribution in [3.8, 4) is 0 Å². The van der Waals surface area contributed by atoms with Crippen LogP contribution in [0.3, 0.4) is 0 Å². The zero-order chi connectivity index (χ0) is 12.4. The van der Waals surface area contributed by atoms with E-state index in [1.54, 1.807) is 12.1 Å². The molecule has 0 heterocycles. The van der Waals surface area contributed by atoms with Gasteiger partial charge in [0.2, 0.25) is 0 Å². The van der Waals surface area contributed by atoms with Crippen molar-refractivity contribution in [2.45, 2.75) is 31.8 Å². The van der Waals surface area contributed by atoms with Gasteiger partial charge in [-0.3, -0.25) is 4.90 Å². The lowest BCUT2D eigenvalue weighted by molar-refractivity contribution is 0.202. The Kier molecular flexibility index (Phi) is 4.02. The molecule has 17 heavy (non-hydrogen) atoms. The molecular weight excluding hydrogens is 239 g/mol. The predicted molar refractivity (Wildman–Crippen MR) is 68.6 cm³/mol. The molecule has 1 fully saturated rings. The van der Waals surface area contributed by atoms with Crippen molar-refractivity contribution in [3.05, 3.63) is 34.6 Å². The van der Waals surface area contributed by atoms with E-state index < -0.39 is 0 Å². The van der Waals surface area contributed by atoms with Crippen molar-refractivity contribution >= 4 is 11.6 Å². The molecule has 94 valence electrons. The molecule has 1 aromatic rings. The highest BCUT2D eigenvalue weighted by molar-refractivity contribution is 6.30. The number of nitrogens with two attached hydrogens (primary N) is 1. The van der Waals surface area contributed by atoms with Gasteiger partial charge in [-0.05, 0) is 37.1 Å². The highest BCUT2D eigenvalue weighted by atomic mass is 35.5. The van der Waals surface area contributed by atoms with Crippen molar-refractivity contribution < 1.29 is 4.39 Å². The van der Waals surface area contributed by atoms with E-state index >= 15 is 0 Å². The molecule has 0 aliphatic heterocycles. The monoisotopic (exact) mass is 256 g/mol. The number of nitrogens with zero attached hydrogens (tertiary/aromatic N) is 1. The smallest absolute Gasteiger partial charge is 0.141 e. The van der Waals surface area contributed by atoms with Gasteiger partial charge in [0.1, 0.15) is 5.82 Å². The fourth-order valence-corrected chi connectivity index (χ4v) is 2.51. The molecule has 1 aliphatic carbocycles. The lowest BCUT2D eigenvalue weighted by atomic mass is 10.0. The van der Waals surface area contributed by atoms with Gasteiger partial charge in [0, 0.05) is 18.6 Å². The first-order chi connectivity index (χ1) is 8.17. The van der Waals surface area contributed by atoms with Gasteiger partial charge < -0.3 is 5.73 Å². The third kappa shape index (κ3) is 2.79. The topological polar surface area (TPSA) is 29.3 Å². The molecule has 1 aliphatic rings. The van der Waals surface area contributed by atoms with Gasteiger partial charge in [0.25, 0.3) is 0 Å². The lowest BCUT2D eigenvalue weighted by Gasteiger charge is -2.30. The first kappa shape index (κ1) is 12.8. The van der Waals surface area contributed by atoms with Crippen LogP contribution in [-0.2, 0) is 0 Å². The average Bonchev–Trinajstić information content (AvgIpc) is 3.14. The van der Waals surface area contributed by atoms with Crippen LogP contribution >= 0.6 is 11.6 Å². The zero-order valence-electron chi connectivity index (χ0n) is 10.00. The number of benzene rings is 1. The first-order valence-electron chi connectivity index (χ1n) is 6.08. The third-order valence-corrected chi connectivity index (χ3v) is 3.62. The molecule has 1 unspecified atom stereocenters. The molecule has 0 bridgehead atoms. The molecule has 0 saturated heterocycles.